The first-order valence-corrected chi connectivity index (χ1v) is 6.29. The van der Waals surface area contributed by atoms with Gasteiger partial charge in [0, 0.05) is 17.7 Å². The van der Waals surface area contributed by atoms with Gasteiger partial charge in [-0.2, -0.15) is 0 Å². The highest BCUT2D eigenvalue weighted by Gasteiger charge is 2.22. The van der Waals surface area contributed by atoms with Gasteiger partial charge in [0.2, 0.25) is 5.78 Å². The summed E-state index contributed by atoms with van der Waals surface area (Å²) in [6.45, 7) is 3.73. The van der Waals surface area contributed by atoms with Crippen LogP contribution in [-0.2, 0) is 14.3 Å². The zero-order valence-electron chi connectivity index (χ0n) is 11.7. The monoisotopic (exact) mass is 293 g/mol. The summed E-state index contributed by atoms with van der Waals surface area (Å²) in [5.74, 6) is -1.41. The SMILES string of the molecule is CCOC=C(C(=O)OCC)C(=O)c1ccc([N+](=O)[O-])cc1. The van der Waals surface area contributed by atoms with Crippen molar-refractivity contribution in [2.45, 2.75) is 13.8 Å². The van der Waals surface area contributed by atoms with Crippen molar-refractivity contribution in [3.05, 3.63) is 51.8 Å². The number of esters is 1. The lowest BCUT2D eigenvalue weighted by molar-refractivity contribution is -0.384. The molecule has 0 saturated carbocycles. The molecule has 0 aliphatic carbocycles. The number of nitrogens with zero attached hydrogens (tertiary/aromatic N) is 1. The van der Waals surface area contributed by atoms with Crippen molar-refractivity contribution < 1.29 is 24.0 Å². The first-order chi connectivity index (χ1) is 10.0. The highest BCUT2D eigenvalue weighted by Crippen LogP contribution is 2.16. The predicted octanol–water partition coefficient (Wildman–Crippen LogP) is 2.26. The fourth-order valence-electron chi connectivity index (χ4n) is 1.46. The van der Waals surface area contributed by atoms with E-state index in [2.05, 4.69) is 0 Å². The van der Waals surface area contributed by atoms with Crippen LogP contribution < -0.4 is 0 Å². The third-order valence-electron chi connectivity index (χ3n) is 2.45. The van der Waals surface area contributed by atoms with Crippen molar-refractivity contribution in [1.82, 2.24) is 0 Å². The minimum absolute atomic E-state index is 0.121. The van der Waals surface area contributed by atoms with Crippen LogP contribution in [0.25, 0.3) is 0 Å². The van der Waals surface area contributed by atoms with Crippen molar-refractivity contribution in [2.24, 2.45) is 0 Å². The fourth-order valence-corrected chi connectivity index (χ4v) is 1.46. The molecule has 0 aromatic heterocycles. The number of ketones is 1. The zero-order chi connectivity index (χ0) is 15.8. The molecule has 0 heterocycles. The van der Waals surface area contributed by atoms with E-state index in [9.17, 15) is 19.7 Å². The summed E-state index contributed by atoms with van der Waals surface area (Å²) in [4.78, 5) is 34.0. The number of rotatable bonds is 7. The highest BCUT2D eigenvalue weighted by atomic mass is 16.6. The van der Waals surface area contributed by atoms with Crippen LogP contribution in [0.5, 0.6) is 0 Å². The van der Waals surface area contributed by atoms with E-state index in [4.69, 9.17) is 9.47 Å². The summed E-state index contributed by atoms with van der Waals surface area (Å²) < 4.78 is 9.77. The van der Waals surface area contributed by atoms with Crippen LogP contribution in [-0.4, -0.2) is 29.9 Å². The van der Waals surface area contributed by atoms with Gasteiger partial charge in [0.05, 0.1) is 18.1 Å². The van der Waals surface area contributed by atoms with E-state index < -0.39 is 16.7 Å². The third kappa shape index (κ3) is 4.41. The molecule has 0 N–H and O–H groups in total. The molecule has 0 spiro atoms. The summed E-state index contributed by atoms with van der Waals surface area (Å²) in [5.41, 5.74) is -0.259. The Morgan fingerprint density at radius 3 is 2.29 bits per heavy atom. The number of carbonyl (C=O) groups excluding carboxylic acids is 2. The van der Waals surface area contributed by atoms with Gasteiger partial charge in [0.1, 0.15) is 11.8 Å². The molecule has 0 unspecified atom stereocenters. The number of non-ortho nitro benzene ring substituents is 1. The summed E-state index contributed by atoms with van der Waals surface area (Å²) in [7, 11) is 0. The predicted molar refractivity (Wildman–Crippen MR) is 73.8 cm³/mol. The van der Waals surface area contributed by atoms with E-state index in [1.54, 1.807) is 13.8 Å². The third-order valence-corrected chi connectivity index (χ3v) is 2.45. The number of ether oxygens (including phenoxy) is 2. The Balaban J connectivity index is 3.04. The number of nitro benzene ring substituents is 1. The molecule has 0 saturated heterocycles. The van der Waals surface area contributed by atoms with Gasteiger partial charge >= 0.3 is 5.97 Å². The average Bonchev–Trinajstić information content (AvgIpc) is 2.47. The Hall–Kier alpha value is -2.70. The van der Waals surface area contributed by atoms with Crippen LogP contribution in [0.4, 0.5) is 5.69 Å². The molecular weight excluding hydrogens is 278 g/mol. The van der Waals surface area contributed by atoms with Gasteiger partial charge in [-0.3, -0.25) is 14.9 Å². The molecule has 1 aromatic rings. The number of Topliss-reactive ketones (excluding diaryl/α,β-unsaturated/α-hetero) is 1. The largest absolute Gasteiger partial charge is 0.500 e. The number of hydrogen-bond donors (Lipinski definition) is 0. The van der Waals surface area contributed by atoms with Gasteiger partial charge in [0.25, 0.3) is 5.69 Å². The Kier molecular flexibility index (Phi) is 6.06. The Labute approximate surface area is 121 Å². The van der Waals surface area contributed by atoms with Crippen LogP contribution in [0, 0.1) is 10.1 Å². The van der Waals surface area contributed by atoms with Gasteiger partial charge in [-0.25, -0.2) is 4.79 Å². The van der Waals surface area contributed by atoms with Crippen molar-refractivity contribution in [2.75, 3.05) is 13.2 Å². The molecule has 1 rings (SSSR count). The van der Waals surface area contributed by atoms with E-state index in [-0.39, 0.29) is 30.0 Å². The molecule has 21 heavy (non-hydrogen) atoms. The summed E-state index contributed by atoms with van der Waals surface area (Å²) in [6, 6.07) is 4.94. The summed E-state index contributed by atoms with van der Waals surface area (Å²) in [5, 5.41) is 10.6. The molecular formula is C14H15NO6. The van der Waals surface area contributed by atoms with Crippen LogP contribution in [0.3, 0.4) is 0 Å². The van der Waals surface area contributed by atoms with Crippen molar-refractivity contribution >= 4 is 17.4 Å². The lowest BCUT2D eigenvalue weighted by Crippen LogP contribution is -2.16. The maximum Gasteiger partial charge on any atom is 0.345 e. The van der Waals surface area contributed by atoms with Gasteiger partial charge in [0.15, 0.2) is 0 Å². The van der Waals surface area contributed by atoms with Crippen LogP contribution in [0.2, 0.25) is 0 Å². The molecule has 0 atom stereocenters. The second kappa shape index (κ2) is 7.78. The normalized spacial score (nSPS) is 10.9. The zero-order valence-corrected chi connectivity index (χ0v) is 11.7. The van der Waals surface area contributed by atoms with E-state index in [0.717, 1.165) is 6.26 Å². The van der Waals surface area contributed by atoms with E-state index >= 15 is 0 Å². The molecule has 0 aliphatic heterocycles. The first-order valence-electron chi connectivity index (χ1n) is 6.29. The first kappa shape index (κ1) is 16.4. The van der Waals surface area contributed by atoms with Crippen LogP contribution in [0.1, 0.15) is 24.2 Å². The highest BCUT2D eigenvalue weighted by molar-refractivity contribution is 6.24. The molecule has 0 fully saturated rings. The quantitative estimate of drug-likeness (QED) is 0.112. The van der Waals surface area contributed by atoms with Gasteiger partial charge in [-0.15, -0.1) is 0 Å². The fraction of sp³-hybridized carbons (Fsp3) is 0.286. The maximum absolute atomic E-state index is 12.2. The number of carbonyl (C=O) groups is 2. The maximum atomic E-state index is 12.2. The lowest BCUT2D eigenvalue weighted by Gasteiger charge is -2.06. The number of hydrogen-bond acceptors (Lipinski definition) is 6. The Morgan fingerprint density at radius 2 is 1.81 bits per heavy atom. The molecule has 112 valence electrons. The van der Waals surface area contributed by atoms with Gasteiger partial charge < -0.3 is 9.47 Å². The van der Waals surface area contributed by atoms with Gasteiger partial charge in [-0.1, -0.05) is 0 Å². The second-order valence-corrected chi connectivity index (χ2v) is 3.84. The molecule has 0 aliphatic rings. The molecule has 0 bridgehead atoms. The number of benzene rings is 1. The van der Waals surface area contributed by atoms with Crippen LogP contribution >= 0.6 is 0 Å². The van der Waals surface area contributed by atoms with E-state index in [1.165, 1.54) is 24.3 Å². The standard InChI is InChI=1S/C14H15NO6/c1-3-20-9-12(14(17)21-4-2)13(16)10-5-7-11(8-6-10)15(18)19/h5-9H,3-4H2,1-2H3. The molecule has 1 aromatic carbocycles. The minimum atomic E-state index is -0.797. The summed E-state index contributed by atoms with van der Waals surface area (Å²) >= 11 is 0. The lowest BCUT2D eigenvalue weighted by atomic mass is 10.0. The smallest absolute Gasteiger partial charge is 0.345 e. The Bertz CT molecular complexity index is 561. The minimum Gasteiger partial charge on any atom is -0.500 e. The van der Waals surface area contributed by atoms with Crippen molar-refractivity contribution in [1.29, 1.82) is 0 Å². The molecule has 0 amide bonds. The van der Waals surface area contributed by atoms with Gasteiger partial charge in [-0.05, 0) is 26.0 Å². The molecule has 0 radical (unpaired) electrons. The Morgan fingerprint density at radius 1 is 1.19 bits per heavy atom. The van der Waals surface area contributed by atoms with E-state index in [1.807, 2.05) is 0 Å². The average molecular weight is 293 g/mol. The van der Waals surface area contributed by atoms with Crippen molar-refractivity contribution in [3.8, 4) is 0 Å². The molecule has 7 nitrogen and oxygen atoms in total. The molecule has 7 heteroatoms. The second-order valence-electron chi connectivity index (χ2n) is 3.84. The summed E-state index contributed by atoms with van der Waals surface area (Å²) in [6.07, 6.45) is 1.04. The van der Waals surface area contributed by atoms with Crippen LogP contribution in [0.15, 0.2) is 36.1 Å². The van der Waals surface area contributed by atoms with E-state index in [0.29, 0.717) is 0 Å². The topological polar surface area (TPSA) is 95.7 Å². The van der Waals surface area contributed by atoms with Crippen molar-refractivity contribution in [3.63, 3.8) is 0 Å². The number of nitro groups is 1.